The predicted molar refractivity (Wildman–Crippen MR) is 93.6 cm³/mol. The van der Waals surface area contributed by atoms with Crippen LogP contribution in [-0.4, -0.2) is 18.1 Å². The van der Waals surface area contributed by atoms with Crippen LogP contribution in [0.3, 0.4) is 0 Å². The summed E-state index contributed by atoms with van der Waals surface area (Å²) in [5.41, 5.74) is 1.83. The van der Waals surface area contributed by atoms with Gasteiger partial charge in [0, 0.05) is 6.04 Å². The molecular weight excluding hydrogens is 300 g/mol. The van der Waals surface area contributed by atoms with Crippen LogP contribution >= 0.6 is 0 Å². The summed E-state index contributed by atoms with van der Waals surface area (Å²) < 4.78 is 5.62. The molecule has 2 aromatic rings. The van der Waals surface area contributed by atoms with Crippen molar-refractivity contribution in [1.29, 1.82) is 5.26 Å². The topological polar surface area (TPSA) is 62.1 Å². The number of benzene rings is 2. The predicted octanol–water partition coefficient (Wildman–Crippen LogP) is 3.46. The summed E-state index contributed by atoms with van der Waals surface area (Å²) in [5, 5.41) is 11.8. The number of nitriles is 1. The molecule has 2 unspecified atom stereocenters. The highest BCUT2D eigenvalue weighted by Crippen LogP contribution is 2.13. The Labute approximate surface area is 143 Å². The van der Waals surface area contributed by atoms with E-state index in [1.165, 1.54) is 5.56 Å². The molecular formula is C20H22N2O2. The van der Waals surface area contributed by atoms with Gasteiger partial charge < -0.3 is 10.1 Å². The number of carbonyl (C=O) groups excluding carboxylic acids is 1. The van der Waals surface area contributed by atoms with Crippen LogP contribution < -0.4 is 10.1 Å². The third-order valence-corrected chi connectivity index (χ3v) is 3.76. The summed E-state index contributed by atoms with van der Waals surface area (Å²) in [6.45, 7) is 3.72. The van der Waals surface area contributed by atoms with E-state index >= 15 is 0 Å². The van der Waals surface area contributed by atoms with Crippen molar-refractivity contribution in [1.82, 2.24) is 5.32 Å². The largest absolute Gasteiger partial charge is 0.481 e. The van der Waals surface area contributed by atoms with E-state index in [1.807, 2.05) is 31.2 Å². The molecule has 4 nitrogen and oxygen atoms in total. The number of carbonyl (C=O) groups is 1. The Hall–Kier alpha value is -2.80. The van der Waals surface area contributed by atoms with Crippen molar-refractivity contribution >= 4 is 5.91 Å². The number of hydrogen-bond acceptors (Lipinski definition) is 3. The van der Waals surface area contributed by atoms with E-state index < -0.39 is 6.10 Å². The van der Waals surface area contributed by atoms with Gasteiger partial charge in [0.15, 0.2) is 6.10 Å². The lowest BCUT2D eigenvalue weighted by Gasteiger charge is -2.18. The number of ether oxygens (including phenoxy) is 1. The van der Waals surface area contributed by atoms with Gasteiger partial charge in [0.2, 0.25) is 0 Å². The van der Waals surface area contributed by atoms with Crippen LogP contribution in [0.4, 0.5) is 0 Å². The molecule has 0 saturated heterocycles. The van der Waals surface area contributed by atoms with Gasteiger partial charge in [-0.15, -0.1) is 0 Å². The molecule has 4 heteroatoms. The van der Waals surface area contributed by atoms with Crippen LogP contribution in [0.5, 0.6) is 5.75 Å². The highest BCUT2D eigenvalue weighted by molar-refractivity contribution is 5.80. The van der Waals surface area contributed by atoms with E-state index in [2.05, 4.69) is 17.4 Å². The molecule has 0 spiro atoms. The smallest absolute Gasteiger partial charge is 0.260 e. The van der Waals surface area contributed by atoms with Gasteiger partial charge in [0.1, 0.15) is 5.75 Å². The van der Waals surface area contributed by atoms with Crippen LogP contribution in [0, 0.1) is 11.3 Å². The molecule has 124 valence electrons. The van der Waals surface area contributed by atoms with Gasteiger partial charge in [-0.25, -0.2) is 0 Å². The van der Waals surface area contributed by atoms with E-state index in [0.29, 0.717) is 11.3 Å². The Balaban J connectivity index is 1.78. The lowest BCUT2D eigenvalue weighted by molar-refractivity contribution is -0.127. The van der Waals surface area contributed by atoms with E-state index in [0.717, 1.165) is 12.8 Å². The fourth-order valence-corrected chi connectivity index (χ4v) is 2.33. The van der Waals surface area contributed by atoms with Gasteiger partial charge in [-0.1, -0.05) is 30.3 Å². The van der Waals surface area contributed by atoms with Crippen LogP contribution in [0.1, 0.15) is 31.4 Å². The maximum atomic E-state index is 12.2. The van der Waals surface area contributed by atoms with Crippen LogP contribution in [0.15, 0.2) is 54.6 Å². The van der Waals surface area contributed by atoms with Crippen molar-refractivity contribution in [3.63, 3.8) is 0 Å². The lowest BCUT2D eigenvalue weighted by Crippen LogP contribution is -2.41. The van der Waals surface area contributed by atoms with Crippen molar-refractivity contribution in [2.45, 2.75) is 38.8 Å². The summed E-state index contributed by atoms with van der Waals surface area (Å²) in [5.74, 6) is 0.438. The molecule has 2 rings (SSSR count). The molecule has 2 atom stereocenters. The molecule has 1 amide bonds. The fraction of sp³-hybridized carbons (Fsp3) is 0.300. The number of nitrogens with one attached hydrogen (secondary N) is 1. The minimum absolute atomic E-state index is 0.0738. The molecule has 24 heavy (non-hydrogen) atoms. The van der Waals surface area contributed by atoms with Gasteiger partial charge in [0.25, 0.3) is 5.91 Å². The summed E-state index contributed by atoms with van der Waals surface area (Å²) in [6, 6.07) is 19.1. The van der Waals surface area contributed by atoms with E-state index in [9.17, 15) is 4.79 Å². The monoisotopic (exact) mass is 322 g/mol. The second-order valence-corrected chi connectivity index (χ2v) is 5.83. The first-order valence-electron chi connectivity index (χ1n) is 8.09. The van der Waals surface area contributed by atoms with Gasteiger partial charge in [-0.05, 0) is 56.5 Å². The Morgan fingerprint density at radius 2 is 1.79 bits per heavy atom. The third kappa shape index (κ3) is 5.44. The van der Waals surface area contributed by atoms with Crippen molar-refractivity contribution in [2.24, 2.45) is 0 Å². The zero-order valence-electron chi connectivity index (χ0n) is 14.0. The molecule has 0 saturated carbocycles. The zero-order chi connectivity index (χ0) is 17.4. The number of nitrogens with zero attached hydrogens (tertiary/aromatic N) is 1. The minimum atomic E-state index is -0.586. The Bertz CT molecular complexity index is 690. The maximum Gasteiger partial charge on any atom is 0.260 e. The fourth-order valence-electron chi connectivity index (χ4n) is 2.33. The normalized spacial score (nSPS) is 12.7. The Kier molecular flexibility index (Phi) is 6.39. The highest BCUT2D eigenvalue weighted by atomic mass is 16.5. The quantitative estimate of drug-likeness (QED) is 0.849. The maximum absolute atomic E-state index is 12.2. The standard InChI is InChI=1S/C20H22N2O2/c1-15(8-9-17-6-4-3-5-7-17)22-20(23)16(2)24-19-12-10-18(14-21)11-13-19/h3-7,10-13,15-16H,8-9H2,1-2H3,(H,22,23). The Morgan fingerprint density at radius 3 is 2.42 bits per heavy atom. The summed E-state index contributed by atoms with van der Waals surface area (Å²) >= 11 is 0. The number of hydrogen-bond donors (Lipinski definition) is 1. The molecule has 0 aliphatic rings. The molecule has 0 bridgehead atoms. The first-order valence-corrected chi connectivity index (χ1v) is 8.09. The third-order valence-electron chi connectivity index (χ3n) is 3.76. The van der Waals surface area contributed by atoms with Crippen LogP contribution in [0.25, 0.3) is 0 Å². The van der Waals surface area contributed by atoms with Gasteiger partial charge >= 0.3 is 0 Å². The number of rotatable bonds is 7. The van der Waals surface area contributed by atoms with E-state index in [-0.39, 0.29) is 11.9 Å². The summed E-state index contributed by atoms with van der Waals surface area (Å²) in [4.78, 5) is 12.2. The molecule has 0 fully saturated rings. The summed E-state index contributed by atoms with van der Waals surface area (Å²) in [6.07, 6.45) is 1.21. The average Bonchev–Trinajstić information content (AvgIpc) is 2.61. The Morgan fingerprint density at radius 1 is 1.12 bits per heavy atom. The summed E-state index contributed by atoms with van der Waals surface area (Å²) in [7, 11) is 0. The lowest BCUT2D eigenvalue weighted by atomic mass is 10.1. The molecule has 2 aromatic carbocycles. The van der Waals surface area contributed by atoms with Gasteiger partial charge in [-0.2, -0.15) is 5.26 Å². The van der Waals surface area contributed by atoms with Gasteiger partial charge in [0.05, 0.1) is 11.6 Å². The van der Waals surface area contributed by atoms with E-state index in [4.69, 9.17) is 10.00 Å². The highest BCUT2D eigenvalue weighted by Gasteiger charge is 2.16. The molecule has 0 heterocycles. The first kappa shape index (κ1) is 17.6. The molecule has 0 aliphatic heterocycles. The minimum Gasteiger partial charge on any atom is -0.481 e. The second-order valence-electron chi connectivity index (χ2n) is 5.83. The second kappa shape index (κ2) is 8.73. The number of aryl methyl sites for hydroxylation is 1. The van der Waals surface area contributed by atoms with Gasteiger partial charge in [-0.3, -0.25) is 4.79 Å². The molecule has 0 aromatic heterocycles. The van der Waals surface area contributed by atoms with Crippen LogP contribution in [0.2, 0.25) is 0 Å². The molecule has 0 radical (unpaired) electrons. The van der Waals surface area contributed by atoms with Crippen molar-refractivity contribution in [3.05, 3.63) is 65.7 Å². The first-order chi connectivity index (χ1) is 11.6. The molecule has 0 aliphatic carbocycles. The molecule has 1 N–H and O–H groups in total. The van der Waals surface area contributed by atoms with E-state index in [1.54, 1.807) is 31.2 Å². The zero-order valence-corrected chi connectivity index (χ0v) is 14.0. The SMILES string of the molecule is CC(CCc1ccccc1)NC(=O)C(C)Oc1ccc(C#N)cc1. The number of amides is 1. The van der Waals surface area contributed by atoms with Crippen LogP contribution in [-0.2, 0) is 11.2 Å². The average molecular weight is 322 g/mol. The van der Waals surface area contributed by atoms with Crippen molar-refractivity contribution in [3.8, 4) is 11.8 Å². The van der Waals surface area contributed by atoms with Crippen molar-refractivity contribution in [2.75, 3.05) is 0 Å². The van der Waals surface area contributed by atoms with Crippen molar-refractivity contribution < 1.29 is 9.53 Å².